The van der Waals surface area contributed by atoms with E-state index in [-0.39, 0.29) is 0 Å². The molecular weight excluding hydrogens is 240 g/mol. The van der Waals surface area contributed by atoms with E-state index in [9.17, 15) is 0 Å². The average molecular weight is 254 g/mol. The standard InChI is InChI=1S/C16H14O3/c1-17-14-4-2-3-12(9-14)5-6-13-7-8-15-16(10-13)19-11-18-15/h2-10H,11H2,1H3/b6-5-. The topological polar surface area (TPSA) is 27.7 Å². The van der Waals surface area contributed by atoms with Gasteiger partial charge < -0.3 is 14.2 Å². The van der Waals surface area contributed by atoms with Crippen LogP contribution in [0.4, 0.5) is 0 Å². The van der Waals surface area contributed by atoms with Gasteiger partial charge in [-0.2, -0.15) is 0 Å². The van der Waals surface area contributed by atoms with E-state index in [1.165, 1.54) is 0 Å². The van der Waals surface area contributed by atoms with E-state index in [0.717, 1.165) is 28.4 Å². The zero-order valence-electron chi connectivity index (χ0n) is 10.6. The van der Waals surface area contributed by atoms with Crippen molar-refractivity contribution in [2.24, 2.45) is 0 Å². The van der Waals surface area contributed by atoms with Crippen LogP contribution in [0.2, 0.25) is 0 Å². The summed E-state index contributed by atoms with van der Waals surface area (Å²) in [5.74, 6) is 2.46. The molecule has 3 heteroatoms. The first-order chi connectivity index (χ1) is 9.35. The Hall–Kier alpha value is -2.42. The Kier molecular flexibility index (Phi) is 3.11. The second kappa shape index (κ2) is 5.06. The normalized spacial score (nSPS) is 12.9. The number of ether oxygens (including phenoxy) is 3. The zero-order valence-corrected chi connectivity index (χ0v) is 10.6. The first kappa shape index (κ1) is 11.7. The van der Waals surface area contributed by atoms with Crippen LogP contribution in [0.3, 0.4) is 0 Å². The Morgan fingerprint density at radius 1 is 0.947 bits per heavy atom. The van der Waals surface area contributed by atoms with E-state index < -0.39 is 0 Å². The Labute approximate surface area is 112 Å². The second-order valence-corrected chi connectivity index (χ2v) is 4.22. The smallest absolute Gasteiger partial charge is 0.231 e. The van der Waals surface area contributed by atoms with E-state index in [1.807, 2.05) is 54.6 Å². The first-order valence-corrected chi connectivity index (χ1v) is 6.07. The maximum absolute atomic E-state index is 5.35. The molecule has 1 heterocycles. The van der Waals surface area contributed by atoms with Crippen LogP contribution in [0.5, 0.6) is 17.2 Å². The lowest BCUT2D eigenvalue weighted by molar-refractivity contribution is 0.174. The number of hydrogen-bond acceptors (Lipinski definition) is 3. The molecule has 0 radical (unpaired) electrons. The van der Waals surface area contributed by atoms with Gasteiger partial charge in [-0.1, -0.05) is 30.4 Å². The number of rotatable bonds is 3. The lowest BCUT2D eigenvalue weighted by atomic mass is 10.1. The molecule has 19 heavy (non-hydrogen) atoms. The second-order valence-electron chi connectivity index (χ2n) is 4.22. The molecule has 0 atom stereocenters. The first-order valence-electron chi connectivity index (χ1n) is 6.07. The Bertz CT molecular complexity index is 617. The van der Waals surface area contributed by atoms with Gasteiger partial charge in [-0.05, 0) is 35.4 Å². The van der Waals surface area contributed by atoms with Crippen molar-refractivity contribution in [2.45, 2.75) is 0 Å². The van der Waals surface area contributed by atoms with E-state index in [4.69, 9.17) is 14.2 Å². The molecule has 3 rings (SSSR count). The average Bonchev–Trinajstić information content (AvgIpc) is 2.93. The minimum Gasteiger partial charge on any atom is -0.497 e. The number of methoxy groups -OCH3 is 1. The summed E-state index contributed by atoms with van der Waals surface area (Å²) in [6, 6.07) is 13.8. The van der Waals surface area contributed by atoms with Crippen LogP contribution in [-0.4, -0.2) is 13.9 Å². The van der Waals surface area contributed by atoms with Gasteiger partial charge >= 0.3 is 0 Å². The third-order valence-corrected chi connectivity index (χ3v) is 2.96. The lowest BCUT2D eigenvalue weighted by Crippen LogP contribution is -1.92. The highest BCUT2D eigenvalue weighted by Gasteiger charge is 2.11. The molecule has 1 aliphatic heterocycles. The summed E-state index contributed by atoms with van der Waals surface area (Å²) in [6.07, 6.45) is 4.08. The van der Waals surface area contributed by atoms with Crippen molar-refractivity contribution in [3.8, 4) is 17.2 Å². The van der Waals surface area contributed by atoms with Crippen LogP contribution in [0.1, 0.15) is 11.1 Å². The van der Waals surface area contributed by atoms with E-state index in [1.54, 1.807) is 7.11 Å². The van der Waals surface area contributed by atoms with Crippen molar-refractivity contribution >= 4 is 12.2 Å². The molecule has 0 fully saturated rings. The van der Waals surface area contributed by atoms with Crippen molar-refractivity contribution in [1.29, 1.82) is 0 Å². The summed E-state index contributed by atoms with van der Waals surface area (Å²) in [5.41, 5.74) is 2.17. The Balaban J connectivity index is 1.82. The molecule has 0 bridgehead atoms. The van der Waals surface area contributed by atoms with Gasteiger partial charge in [0.25, 0.3) is 0 Å². The van der Waals surface area contributed by atoms with Gasteiger partial charge in [0.15, 0.2) is 11.5 Å². The van der Waals surface area contributed by atoms with Crippen molar-refractivity contribution in [1.82, 2.24) is 0 Å². The highest BCUT2D eigenvalue weighted by atomic mass is 16.7. The van der Waals surface area contributed by atoms with Crippen LogP contribution in [0.25, 0.3) is 12.2 Å². The van der Waals surface area contributed by atoms with E-state index in [2.05, 4.69) is 0 Å². The highest BCUT2D eigenvalue weighted by molar-refractivity contribution is 5.71. The molecule has 0 saturated heterocycles. The molecule has 0 saturated carbocycles. The van der Waals surface area contributed by atoms with Gasteiger partial charge in [0.2, 0.25) is 6.79 Å². The van der Waals surface area contributed by atoms with Crippen LogP contribution >= 0.6 is 0 Å². The summed E-state index contributed by atoms with van der Waals surface area (Å²) in [4.78, 5) is 0. The van der Waals surface area contributed by atoms with Crippen LogP contribution < -0.4 is 14.2 Å². The van der Waals surface area contributed by atoms with Crippen molar-refractivity contribution in [3.63, 3.8) is 0 Å². The maximum Gasteiger partial charge on any atom is 0.231 e. The summed E-state index contributed by atoms with van der Waals surface area (Å²) in [7, 11) is 1.67. The lowest BCUT2D eigenvalue weighted by Gasteiger charge is -2.00. The Morgan fingerprint density at radius 3 is 2.58 bits per heavy atom. The molecular formula is C16H14O3. The third kappa shape index (κ3) is 2.55. The van der Waals surface area contributed by atoms with Crippen LogP contribution in [-0.2, 0) is 0 Å². The number of hydrogen-bond donors (Lipinski definition) is 0. The minimum absolute atomic E-state index is 0.304. The summed E-state index contributed by atoms with van der Waals surface area (Å²) < 4.78 is 15.8. The fourth-order valence-corrected chi connectivity index (χ4v) is 1.95. The van der Waals surface area contributed by atoms with Crippen molar-refractivity contribution in [3.05, 3.63) is 53.6 Å². The monoisotopic (exact) mass is 254 g/mol. The van der Waals surface area contributed by atoms with Gasteiger partial charge in [-0.25, -0.2) is 0 Å². The largest absolute Gasteiger partial charge is 0.497 e. The highest BCUT2D eigenvalue weighted by Crippen LogP contribution is 2.33. The molecule has 96 valence electrons. The molecule has 0 aromatic heterocycles. The van der Waals surface area contributed by atoms with E-state index >= 15 is 0 Å². The molecule has 2 aromatic rings. The van der Waals surface area contributed by atoms with Crippen LogP contribution in [0.15, 0.2) is 42.5 Å². The maximum atomic E-state index is 5.35. The quantitative estimate of drug-likeness (QED) is 0.783. The minimum atomic E-state index is 0.304. The number of benzene rings is 2. The molecule has 0 N–H and O–H groups in total. The summed E-state index contributed by atoms with van der Waals surface area (Å²) in [6.45, 7) is 0.304. The third-order valence-electron chi connectivity index (χ3n) is 2.96. The zero-order chi connectivity index (χ0) is 13.1. The van der Waals surface area contributed by atoms with Gasteiger partial charge in [-0.15, -0.1) is 0 Å². The molecule has 2 aromatic carbocycles. The molecule has 0 unspecified atom stereocenters. The van der Waals surface area contributed by atoms with Gasteiger partial charge in [0.1, 0.15) is 5.75 Å². The fraction of sp³-hybridized carbons (Fsp3) is 0.125. The summed E-state index contributed by atoms with van der Waals surface area (Å²) >= 11 is 0. The van der Waals surface area contributed by atoms with Gasteiger partial charge in [0, 0.05) is 0 Å². The predicted octanol–water partition coefficient (Wildman–Crippen LogP) is 3.59. The van der Waals surface area contributed by atoms with Gasteiger partial charge in [0.05, 0.1) is 7.11 Å². The van der Waals surface area contributed by atoms with E-state index in [0.29, 0.717) is 6.79 Å². The van der Waals surface area contributed by atoms with Crippen molar-refractivity contribution in [2.75, 3.05) is 13.9 Å². The molecule has 0 amide bonds. The molecule has 0 aliphatic carbocycles. The number of fused-ring (bicyclic) bond motifs is 1. The van der Waals surface area contributed by atoms with Gasteiger partial charge in [-0.3, -0.25) is 0 Å². The Morgan fingerprint density at radius 2 is 1.74 bits per heavy atom. The van der Waals surface area contributed by atoms with Crippen molar-refractivity contribution < 1.29 is 14.2 Å². The summed E-state index contributed by atoms with van der Waals surface area (Å²) in [5, 5.41) is 0. The SMILES string of the molecule is COc1cccc(/C=C\c2ccc3c(c2)OCO3)c1. The molecule has 3 nitrogen and oxygen atoms in total. The molecule has 1 aliphatic rings. The fourth-order valence-electron chi connectivity index (χ4n) is 1.95. The predicted molar refractivity (Wildman–Crippen MR) is 74.5 cm³/mol. The molecule has 0 spiro atoms. The van der Waals surface area contributed by atoms with Crippen LogP contribution in [0, 0.1) is 0 Å².